The Kier molecular flexibility index (Phi) is 9.23. The number of thioether (sulfide) groups is 1. The summed E-state index contributed by atoms with van der Waals surface area (Å²) in [5.74, 6) is 4.01. The lowest BCUT2D eigenvalue weighted by Crippen LogP contribution is -2.43. The topological polar surface area (TPSA) is 12.0 Å². The average molecular weight is 286 g/mol. The van der Waals surface area contributed by atoms with Crippen LogP contribution >= 0.6 is 11.8 Å². The first kappa shape index (κ1) is 17.4. The molecule has 0 aromatic carbocycles. The van der Waals surface area contributed by atoms with Gasteiger partial charge in [0.15, 0.2) is 0 Å². The van der Waals surface area contributed by atoms with Gasteiger partial charge in [-0.2, -0.15) is 11.8 Å². The SMILES string of the molecule is CSCCCCCCNC1CC(C)CCC1C(C)C. The molecule has 0 spiro atoms. The second kappa shape index (κ2) is 10.1. The van der Waals surface area contributed by atoms with Crippen LogP contribution in [0.15, 0.2) is 0 Å². The van der Waals surface area contributed by atoms with Crippen LogP contribution in [0.3, 0.4) is 0 Å². The Balaban J connectivity index is 2.14. The molecule has 0 radical (unpaired) electrons. The van der Waals surface area contributed by atoms with E-state index in [2.05, 4.69) is 32.3 Å². The summed E-state index contributed by atoms with van der Waals surface area (Å²) in [5, 5.41) is 3.87. The molecule has 114 valence electrons. The van der Waals surface area contributed by atoms with E-state index in [9.17, 15) is 0 Å². The summed E-state index contributed by atoms with van der Waals surface area (Å²) >= 11 is 1.98. The first-order valence-corrected chi connectivity index (χ1v) is 9.76. The molecule has 3 atom stereocenters. The van der Waals surface area contributed by atoms with E-state index in [0.29, 0.717) is 0 Å². The molecule has 1 rings (SSSR count). The van der Waals surface area contributed by atoms with E-state index in [-0.39, 0.29) is 0 Å². The van der Waals surface area contributed by atoms with Crippen LogP contribution in [0.4, 0.5) is 0 Å². The van der Waals surface area contributed by atoms with Gasteiger partial charge < -0.3 is 5.32 Å². The maximum absolute atomic E-state index is 3.87. The second-order valence-corrected chi connectivity index (χ2v) is 7.78. The van der Waals surface area contributed by atoms with Crippen LogP contribution < -0.4 is 5.32 Å². The maximum Gasteiger partial charge on any atom is 0.0100 e. The van der Waals surface area contributed by atoms with Gasteiger partial charge in [0.25, 0.3) is 0 Å². The Morgan fingerprint density at radius 3 is 2.53 bits per heavy atom. The summed E-state index contributed by atoms with van der Waals surface area (Å²) in [6.45, 7) is 8.46. The molecule has 0 bridgehead atoms. The summed E-state index contributed by atoms with van der Waals surface area (Å²) < 4.78 is 0. The molecule has 1 N–H and O–H groups in total. The van der Waals surface area contributed by atoms with Crippen molar-refractivity contribution < 1.29 is 0 Å². The van der Waals surface area contributed by atoms with E-state index >= 15 is 0 Å². The summed E-state index contributed by atoms with van der Waals surface area (Å²) in [6.07, 6.45) is 12.1. The average Bonchev–Trinajstić information content (AvgIpc) is 2.37. The highest BCUT2D eigenvalue weighted by Gasteiger charge is 2.29. The molecule has 1 aliphatic rings. The molecule has 0 aromatic heterocycles. The summed E-state index contributed by atoms with van der Waals surface area (Å²) in [6, 6.07) is 0.787. The number of rotatable bonds is 9. The van der Waals surface area contributed by atoms with Gasteiger partial charge in [0.2, 0.25) is 0 Å². The van der Waals surface area contributed by atoms with E-state index in [1.165, 1.54) is 57.2 Å². The smallest absolute Gasteiger partial charge is 0.0100 e. The Bertz CT molecular complexity index is 217. The second-order valence-electron chi connectivity index (χ2n) is 6.79. The molecule has 0 saturated heterocycles. The first-order chi connectivity index (χ1) is 9.15. The summed E-state index contributed by atoms with van der Waals surface area (Å²) in [4.78, 5) is 0. The fourth-order valence-corrected chi connectivity index (χ4v) is 3.94. The van der Waals surface area contributed by atoms with Crippen molar-refractivity contribution in [3.05, 3.63) is 0 Å². The fraction of sp³-hybridized carbons (Fsp3) is 1.00. The van der Waals surface area contributed by atoms with Crippen LogP contribution in [0.1, 0.15) is 65.7 Å². The maximum atomic E-state index is 3.87. The Morgan fingerprint density at radius 1 is 1.11 bits per heavy atom. The van der Waals surface area contributed by atoms with Gasteiger partial charge >= 0.3 is 0 Å². The predicted octanol–water partition coefficient (Wildman–Crippen LogP) is 4.96. The van der Waals surface area contributed by atoms with Gasteiger partial charge in [-0.25, -0.2) is 0 Å². The monoisotopic (exact) mass is 285 g/mol. The zero-order valence-corrected chi connectivity index (χ0v) is 14.4. The van der Waals surface area contributed by atoms with E-state index in [1.807, 2.05) is 11.8 Å². The van der Waals surface area contributed by atoms with Gasteiger partial charge in [0, 0.05) is 6.04 Å². The van der Waals surface area contributed by atoms with Crippen LogP contribution in [0.5, 0.6) is 0 Å². The molecule has 0 amide bonds. The van der Waals surface area contributed by atoms with Crippen molar-refractivity contribution in [3.8, 4) is 0 Å². The number of hydrogen-bond acceptors (Lipinski definition) is 2. The predicted molar refractivity (Wildman–Crippen MR) is 90.0 cm³/mol. The molecule has 0 aromatic rings. The van der Waals surface area contributed by atoms with Gasteiger partial charge in [-0.3, -0.25) is 0 Å². The molecule has 19 heavy (non-hydrogen) atoms. The number of hydrogen-bond donors (Lipinski definition) is 1. The van der Waals surface area contributed by atoms with Crippen molar-refractivity contribution in [2.45, 2.75) is 71.8 Å². The highest BCUT2D eigenvalue weighted by molar-refractivity contribution is 7.98. The Morgan fingerprint density at radius 2 is 1.84 bits per heavy atom. The van der Waals surface area contributed by atoms with E-state index in [4.69, 9.17) is 0 Å². The lowest BCUT2D eigenvalue weighted by atomic mass is 9.74. The third-order valence-electron chi connectivity index (χ3n) is 4.70. The first-order valence-electron chi connectivity index (χ1n) is 8.37. The van der Waals surface area contributed by atoms with Gasteiger partial charge in [-0.05, 0) is 62.0 Å². The van der Waals surface area contributed by atoms with Gasteiger partial charge in [-0.1, -0.05) is 40.0 Å². The number of nitrogens with one attached hydrogen (secondary N) is 1. The van der Waals surface area contributed by atoms with E-state index in [0.717, 1.165) is 23.8 Å². The Labute approximate surface area is 125 Å². The van der Waals surface area contributed by atoms with Crippen molar-refractivity contribution in [1.29, 1.82) is 0 Å². The van der Waals surface area contributed by atoms with Gasteiger partial charge in [0.1, 0.15) is 0 Å². The molecule has 1 nitrogen and oxygen atoms in total. The third-order valence-corrected chi connectivity index (χ3v) is 5.40. The summed E-state index contributed by atoms with van der Waals surface area (Å²) in [5.41, 5.74) is 0. The molecule has 0 heterocycles. The van der Waals surface area contributed by atoms with Gasteiger partial charge in [-0.15, -0.1) is 0 Å². The standard InChI is InChI=1S/C17H35NS/c1-14(2)16-10-9-15(3)13-17(16)18-11-7-5-6-8-12-19-4/h14-18H,5-13H2,1-4H3. The minimum absolute atomic E-state index is 0.787. The molecular formula is C17H35NS. The Hall–Kier alpha value is 0.310. The van der Waals surface area contributed by atoms with Crippen LogP contribution in [0.25, 0.3) is 0 Å². The zero-order valence-electron chi connectivity index (χ0n) is 13.6. The van der Waals surface area contributed by atoms with Crippen molar-refractivity contribution in [2.24, 2.45) is 17.8 Å². The molecule has 1 fully saturated rings. The minimum atomic E-state index is 0.787. The highest BCUT2D eigenvalue weighted by atomic mass is 32.2. The molecular weight excluding hydrogens is 250 g/mol. The quantitative estimate of drug-likeness (QED) is 0.601. The van der Waals surface area contributed by atoms with Crippen molar-refractivity contribution in [3.63, 3.8) is 0 Å². The number of unbranched alkanes of at least 4 members (excludes halogenated alkanes) is 3. The van der Waals surface area contributed by atoms with Crippen molar-refractivity contribution in [1.82, 2.24) is 5.32 Å². The summed E-state index contributed by atoms with van der Waals surface area (Å²) in [7, 11) is 0. The molecule has 1 aliphatic carbocycles. The van der Waals surface area contributed by atoms with Gasteiger partial charge in [0.05, 0.1) is 0 Å². The fourth-order valence-electron chi connectivity index (χ4n) is 3.45. The van der Waals surface area contributed by atoms with E-state index in [1.54, 1.807) is 0 Å². The van der Waals surface area contributed by atoms with Crippen LogP contribution in [0.2, 0.25) is 0 Å². The van der Waals surface area contributed by atoms with Crippen molar-refractivity contribution >= 4 is 11.8 Å². The molecule has 1 saturated carbocycles. The minimum Gasteiger partial charge on any atom is -0.314 e. The highest BCUT2D eigenvalue weighted by Crippen LogP contribution is 2.33. The molecule has 3 unspecified atom stereocenters. The third kappa shape index (κ3) is 7.04. The van der Waals surface area contributed by atoms with Crippen LogP contribution in [-0.4, -0.2) is 24.6 Å². The van der Waals surface area contributed by atoms with Crippen LogP contribution in [0, 0.1) is 17.8 Å². The lowest BCUT2D eigenvalue weighted by molar-refractivity contribution is 0.170. The largest absolute Gasteiger partial charge is 0.314 e. The normalized spacial score (nSPS) is 27.9. The van der Waals surface area contributed by atoms with Crippen molar-refractivity contribution in [2.75, 3.05) is 18.6 Å². The zero-order chi connectivity index (χ0) is 14.1. The van der Waals surface area contributed by atoms with Crippen LogP contribution in [-0.2, 0) is 0 Å². The lowest BCUT2D eigenvalue weighted by Gasteiger charge is -2.38. The molecule has 2 heteroatoms. The van der Waals surface area contributed by atoms with E-state index < -0.39 is 0 Å². The molecule has 0 aliphatic heterocycles.